The zero-order chi connectivity index (χ0) is 16.1. The highest BCUT2D eigenvalue weighted by Gasteiger charge is 2.21. The Hall–Kier alpha value is -2.63. The van der Waals surface area contributed by atoms with Crippen LogP contribution in [-0.4, -0.2) is 34.2 Å². The molecule has 0 bridgehead atoms. The summed E-state index contributed by atoms with van der Waals surface area (Å²) in [5.74, 6) is -0.140. The summed E-state index contributed by atoms with van der Waals surface area (Å²) in [5.41, 5.74) is 0.781. The quantitative estimate of drug-likeness (QED) is 0.604. The smallest absolute Gasteiger partial charge is 0.342 e. The van der Waals surface area contributed by atoms with E-state index in [-0.39, 0.29) is 5.78 Å². The molecule has 0 saturated carbocycles. The molecule has 6 heteroatoms. The first-order valence-corrected chi connectivity index (χ1v) is 6.98. The molecule has 0 unspecified atom stereocenters. The fraction of sp³-hybridized carbons (Fsp3) is 0.312. The van der Waals surface area contributed by atoms with Crippen molar-refractivity contribution in [3.05, 3.63) is 47.8 Å². The van der Waals surface area contributed by atoms with Crippen LogP contribution in [0.1, 0.15) is 34.6 Å². The van der Waals surface area contributed by atoms with E-state index in [1.54, 1.807) is 38.2 Å². The molecule has 0 spiro atoms. The van der Waals surface area contributed by atoms with Crippen LogP contribution in [0, 0.1) is 0 Å². The second-order valence-electron chi connectivity index (χ2n) is 4.77. The van der Waals surface area contributed by atoms with E-state index in [0.29, 0.717) is 23.5 Å². The van der Waals surface area contributed by atoms with Crippen LogP contribution in [0.2, 0.25) is 0 Å². The maximum Gasteiger partial charge on any atom is 0.342 e. The number of nitrogens with zero attached hydrogens (tertiary/aromatic N) is 2. The van der Waals surface area contributed by atoms with Crippen molar-refractivity contribution in [1.29, 1.82) is 0 Å². The van der Waals surface area contributed by atoms with Gasteiger partial charge in [0.2, 0.25) is 5.78 Å². The first kappa shape index (κ1) is 15.8. The number of ether oxygens (including phenoxy) is 2. The number of carbonyl (C=O) groups is 2. The Labute approximate surface area is 128 Å². The fourth-order valence-corrected chi connectivity index (χ4v) is 1.93. The number of esters is 1. The van der Waals surface area contributed by atoms with Gasteiger partial charge in [0, 0.05) is 18.8 Å². The number of aromatic nitrogens is 2. The summed E-state index contributed by atoms with van der Waals surface area (Å²) < 4.78 is 12.0. The number of benzene rings is 1. The third-order valence-corrected chi connectivity index (χ3v) is 3.04. The molecular formula is C16H18N2O4. The highest BCUT2D eigenvalue weighted by Crippen LogP contribution is 2.15. The largest absolute Gasteiger partial charge is 0.494 e. The molecule has 22 heavy (non-hydrogen) atoms. The molecule has 2 aromatic rings. The van der Waals surface area contributed by atoms with Crippen molar-refractivity contribution in [2.24, 2.45) is 7.05 Å². The minimum atomic E-state index is -0.870. The van der Waals surface area contributed by atoms with Crippen LogP contribution < -0.4 is 4.74 Å². The molecule has 6 nitrogen and oxygen atoms in total. The predicted octanol–water partition coefficient (Wildman–Crippen LogP) is 2.25. The van der Waals surface area contributed by atoms with E-state index in [1.807, 2.05) is 6.92 Å². The standard InChI is InChI=1S/C16H18N2O4/c1-4-21-14-7-5-12(6-8-14)15(19)11(2)22-16(20)13-9-17-18(3)10-13/h5-11H,4H2,1-3H3/t11-/m0/s1. The zero-order valence-corrected chi connectivity index (χ0v) is 12.8. The van der Waals surface area contributed by atoms with Crippen LogP contribution >= 0.6 is 0 Å². The Morgan fingerprint density at radius 2 is 1.91 bits per heavy atom. The van der Waals surface area contributed by atoms with E-state index >= 15 is 0 Å². The number of hydrogen-bond acceptors (Lipinski definition) is 5. The average Bonchev–Trinajstić information content (AvgIpc) is 2.94. The predicted molar refractivity (Wildman–Crippen MR) is 80.0 cm³/mol. The van der Waals surface area contributed by atoms with Gasteiger partial charge in [-0.25, -0.2) is 4.79 Å². The van der Waals surface area contributed by atoms with E-state index in [0.717, 1.165) is 0 Å². The van der Waals surface area contributed by atoms with Gasteiger partial charge in [-0.05, 0) is 38.1 Å². The molecule has 0 radical (unpaired) electrons. The van der Waals surface area contributed by atoms with Crippen molar-refractivity contribution < 1.29 is 19.1 Å². The lowest BCUT2D eigenvalue weighted by atomic mass is 10.1. The van der Waals surface area contributed by atoms with Crippen LogP contribution in [0.3, 0.4) is 0 Å². The Balaban J connectivity index is 2.00. The summed E-state index contributed by atoms with van der Waals surface area (Å²) in [6.45, 7) is 4.00. The fourth-order valence-electron chi connectivity index (χ4n) is 1.93. The van der Waals surface area contributed by atoms with E-state index in [2.05, 4.69) is 5.10 Å². The lowest BCUT2D eigenvalue weighted by molar-refractivity contribution is 0.0318. The molecule has 116 valence electrons. The van der Waals surface area contributed by atoms with Gasteiger partial charge in [-0.15, -0.1) is 0 Å². The van der Waals surface area contributed by atoms with Gasteiger partial charge in [-0.1, -0.05) is 0 Å². The molecule has 0 N–H and O–H groups in total. The molecule has 0 aliphatic carbocycles. The molecule has 0 aliphatic heterocycles. The topological polar surface area (TPSA) is 70.4 Å². The summed E-state index contributed by atoms with van der Waals surface area (Å²) in [6, 6.07) is 6.74. The number of hydrogen-bond donors (Lipinski definition) is 0. The lowest BCUT2D eigenvalue weighted by Gasteiger charge is -2.12. The Morgan fingerprint density at radius 3 is 2.45 bits per heavy atom. The van der Waals surface area contributed by atoms with Gasteiger partial charge in [0.1, 0.15) is 5.75 Å². The molecule has 1 heterocycles. The van der Waals surface area contributed by atoms with Crippen molar-refractivity contribution in [1.82, 2.24) is 9.78 Å². The van der Waals surface area contributed by atoms with E-state index in [4.69, 9.17) is 9.47 Å². The van der Waals surface area contributed by atoms with Gasteiger partial charge in [-0.3, -0.25) is 9.48 Å². The molecule has 2 rings (SSSR count). The molecule has 0 amide bonds. The van der Waals surface area contributed by atoms with Gasteiger partial charge in [0.05, 0.1) is 18.4 Å². The number of rotatable bonds is 6. The van der Waals surface area contributed by atoms with Crippen LogP contribution in [-0.2, 0) is 11.8 Å². The van der Waals surface area contributed by atoms with Gasteiger partial charge < -0.3 is 9.47 Å². The van der Waals surface area contributed by atoms with Crippen molar-refractivity contribution >= 4 is 11.8 Å². The van der Waals surface area contributed by atoms with Gasteiger partial charge in [0.15, 0.2) is 6.10 Å². The summed E-state index contributed by atoms with van der Waals surface area (Å²) in [4.78, 5) is 24.1. The Morgan fingerprint density at radius 1 is 1.23 bits per heavy atom. The normalized spacial score (nSPS) is 11.8. The monoisotopic (exact) mass is 302 g/mol. The number of aryl methyl sites for hydroxylation is 1. The molecule has 1 aromatic carbocycles. The lowest BCUT2D eigenvalue weighted by Crippen LogP contribution is -2.24. The molecule has 0 aliphatic rings. The Bertz CT molecular complexity index is 661. The minimum absolute atomic E-state index is 0.264. The van der Waals surface area contributed by atoms with Gasteiger partial charge in [0.25, 0.3) is 0 Å². The summed E-state index contributed by atoms with van der Waals surface area (Å²) in [5, 5.41) is 3.89. The summed E-state index contributed by atoms with van der Waals surface area (Å²) in [6.07, 6.45) is 2.07. The highest BCUT2D eigenvalue weighted by molar-refractivity contribution is 6.01. The third kappa shape index (κ3) is 3.72. The summed E-state index contributed by atoms with van der Waals surface area (Å²) >= 11 is 0. The third-order valence-electron chi connectivity index (χ3n) is 3.04. The average molecular weight is 302 g/mol. The molecular weight excluding hydrogens is 284 g/mol. The number of ketones is 1. The zero-order valence-electron chi connectivity index (χ0n) is 12.8. The maximum atomic E-state index is 12.2. The number of Topliss-reactive ketones (excluding diaryl/α,β-unsaturated/α-hetero) is 1. The Kier molecular flexibility index (Phi) is 4.93. The number of carbonyl (C=O) groups excluding carboxylic acids is 2. The van der Waals surface area contributed by atoms with Crippen LogP contribution in [0.25, 0.3) is 0 Å². The van der Waals surface area contributed by atoms with Crippen LogP contribution in [0.5, 0.6) is 5.75 Å². The second-order valence-corrected chi connectivity index (χ2v) is 4.77. The second kappa shape index (κ2) is 6.89. The van der Waals surface area contributed by atoms with Crippen LogP contribution in [0.4, 0.5) is 0 Å². The van der Waals surface area contributed by atoms with E-state index in [9.17, 15) is 9.59 Å². The SMILES string of the molecule is CCOc1ccc(C(=O)[C@H](C)OC(=O)c2cnn(C)c2)cc1. The molecule has 1 atom stereocenters. The van der Waals surface area contributed by atoms with Crippen molar-refractivity contribution in [2.75, 3.05) is 6.61 Å². The maximum absolute atomic E-state index is 12.2. The molecule has 0 saturated heterocycles. The molecule has 1 aromatic heterocycles. The van der Waals surface area contributed by atoms with E-state index < -0.39 is 12.1 Å². The first-order chi connectivity index (χ1) is 10.5. The van der Waals surface area contributed by atoms with Gasteiger partial charge >= 0.3 is 5.97 Å². The van der Waals surface area contributed by atoms with Gasteiger partial charge in [-0.2, -0.15) is 5.10 Å². The first-order valence-electron chi connectivity index (χ1n) is 6.98. The highest BCUT2D eigenvalue weighted by atomic mass is 16.5. The minimum Gasteiger partial charge on any atom is -0.494 e. The van der Waals surface area contributed by atoms with E-state index in [1.165, 1.54) is 17.1 Å². The van der Waals surface area contributed by atoms with Crippen molar-refractivity contribution in [2.45, 2.75) is 20.0 Å². The van der Waals surface area contributed by atoms with Crippen LogP contribution in [0.15, 0.2) is 36.7 Å². The van der Waals surface area contributed by atoms with Crippen molar-refractivity contribution in [3.63, 3.8) is 0 Å². The molecule has 0 fully saturated rings. The van der Waals surface area contributed by atoms with Crippen molar-refractivity contribution in [3.8, 4) is 5.75 Å². The summed E-state index contributed by atoms with van der Waals surface area (Å²) in [7, 11) is 1.70.